The average Bonchev–Trinajstić information content (AvgIpc) is 2.69. The lowest BCUT2D eigenvalue weighted by Crippen LogP contribution is -2.55. The van der Waals surface area contributed by atoms with E-state index in [1.807, 2.05) is 0 Å². The van der Waals surface area contributed by atoms with Crippen LogP contribution < -0.4 is 5.32 Å². The highest BCUT2D eigenvalue weighted by molar-refractivity contribution is 7.10. The number of rotatable bonds is 0. The quantitative estimate of drug-likeness (QED) is 0.746. The third-order valence-electron chi connectivity index (χ3n) is 3.07. The third kappa shape index (κ3) is 1.29. The van der Waals surface area contributed by atoms with Crippen LogP contribution in [-0.4, -0.2) is 30.4 Å². The van der Waals surface area contributed by atoms with Gasteiger partial charge in [-0.25, -0.2) is 0 Å². The van der Waals surface area contributed by atoms with Gasteiger partial charge < -0.3 is 10.2 Å². The van der Waals surface area contributed by atoms with Crippen molar-refractivity contribution in [3.05, 3.63) is 21.9 Å². The first kappa shape index (κ1) is 10.2. The summed E-state index contributed by atoms with van der Waals surface area (Å²) in [4.78, 5) is 13.5. The molecule has 0 radical (unpaired) electrons. The van der Waals surface area contributed by atoms with E-state index < -0.39 is 12.5 Å². The maximum atomic E-state index is 13.8. The standard InChI is InChI=1S/C10H10F2N2OS/c11-10(12)5-14-7(3-13-4-8(14)15)9-6(10)1-2-16-9/h1-2,7,13H,3-5H2. The van der Waals surface area contributed by atoms with Crippen molar-refractivity contribution < 1.29 is 13.6 Å². The van der Waals surface area contributed by atoms with E-state index in [9.17, 15) is 13.6 Å². The topological polar surface area (TPSA) is 32.3 Å². The van der Waals surface area contributed by atoms with Crippen LogP contribution in [0.25, 0.3) is 0 Å². The normalized spacial score (nSPS) is 27.5. The number of halogens is 2. The Balaban J connectivity index is 2.09. The van der Waals surface area contributed by atoms with Crippen LogP contribution in [0.15, 0.2) is 11.4 Å². The molecule has 1 aromatic rings. The number of hydrogen-bond donors (Lipinski definition) is 1. The molecular formula is C10H10F2N2OS. The molecule has 0 saturated carbocycles. The van der Waals surface area contributed by atoms with Crippen LogP contribution in [0.2, 0.25) is 0 Å². The van der Waals surface area contributed by atoms with Crippen molar-refractivity contribution in [1.29, 1.82) is 0 Å². The highest BCUT2D eigenvalue weighted by Crippen LogP contribution is 2.44. The number of alkyl halides is 2. The lowest BCUT2D eigenvalue weighted by Gasteiger charge is -2.42. The Hall–Kier alpha value is -1.01. The van der Waals surface area contributed by atoms with Gasteiger partial charge in [0.15, 0.2) is 0 Å². The summed E-state index contributed by atoms with van der Waals surface area (Å²) in [6.45, 7) is 0.241. The van der Waals surface area contributed by atoms with Gasteiger partial charge in [-0.2, -0.15) is 8.78 Å². The highest BCUT2D eigenvalue weighted by atomic mass is 32.1. The van der Waals surface area contributed by atoms with Crippen LogP contribution in [0.5, 0.6) is 0 Å². The molecule has 1 N–H and O–H groups in total. The number of thiophene rings is 1. The second-order valence-electron chi connectivity index (χ2n) is 4.07. The number of carbonyl (C=O) groups is 1. The van der Waals surface area contributed by atoms with E-state index in [1.54, 1.807) is 5.38 Å². The molecule has 16 heavy (non-hydrogen) atoms. The molecule has 0 aliphatic carbocycles. The van der Waals surface area contributed by atoms with Gasteiger partial charge >= 0.3 is 0 Å². The van der Waals surface area contributed by atoms with Crippen LogP contribution in [-0.2, 0) is 10.7 Å². The fourth-order valence-electron chi connectivity index (χ4n) is 2.31. The molecule has 3 heterocycles. The largest absolute Gasteiger partial charge is 0.326 e. The van der Waals surface area contributed by atoms with Crippen LogP contribution >= 0.6 is 11.3 Å². The minimum Gasteiger partial charge on any atom is -0.326 e. The molecule has 2 aliphatic rings. The average molecular weight is 244 g/mol. The fourth-order valence-corrected chi connectivity index (χ4v) is 3.38. The summed E-state index contributed by atoms with van der Waals surface area (Å²) >= 11 is 1.30. The van der Waals surface area contributed by atoms with Crippen LogP contribution in [0.3, 0.4) is 0 Å². The van der Waals surface area contributed by atoms with E-state index in [0.29, 0.717) is 11.4 Å². The van der Waals surface area contributed by atoms with E-state index in [4.69, 9.17) is 0 Å². The Morgan fingerprint density at radius 1 is 1.56 bits per heavy atom. The minimum absolute atomic E-state index is 0.0928. The van der Waals surface area contributed by atoms with Crippen molar-refractivity contribution in [2.24, 2.45) is 0 Å². The summed E-state index contributed by atoms with van der Waals surface area (Å²) in [6, 6.07) is 1.26. The van der Waals surface area contributed by atoms with Gasteiger partial charge in [-0.1, -0.05) is 0 Å². The Bertz CT molecular complexity index is 446. The Morgan fingerprint density at radius 3 is 3.19 bits per heavy atom. The lowest BCUT2D eigenvalue weighted by atomic mass is 9.97. The summed E-state index contributed by atoms with van der Waals surface area (Å²) in [5.74, 6) is -3.14. The molecule has 1 atom stereocenters. The maximum Gasteiger partial charge on any atom is 0.291 e. The zero-order valence-corrected chi connectivity index (χ0v) is 9.19. The summed E-state index contributed by atoms with van der Waals surface area (Å²) in [5.41, 5.74) is 0.0928. The summed E-state index contributed by atoms with van der Waals surface area (Å²) in [6.07, 6.45) is 0. The van der Waals surface area contributed by atoms with Gasteiger partial charge in [0.1, 0.15) is 0 Å². The van der Waals surface area contributed by atoms with Crippen molar-refractivity contribution in [3.8, 4) is 0 Å². The molecule has 0 bridgehead atoms. The van der Waals surface area contributed by atoms with Gasteiger partial charge in [0, 0.05) is 17.0 Å². The molecule has 6 heteroatoms. The minimum atomic E-state index is -2.90. The Labute approximate surface area is 95.1 Å². The number of piperazine rings is 1. The molecule has 0 spiro atoms. The number of hydrogen-bond acceptors (Lipinski definition) is 3. The molecule has 3 nitrogen and oxygen atoms in total. The molecule has 1 unspecified atom stereocenters. The van der Waals surface area contributed by atoms with Gasteiger partial charge in [0.05, 0.1) is 19.1 Å². The molecule has 1 aromatic heterocycles. The van der Waals surface area contributed by atoms with Gasteiger partial charge in [-0.3, -0.25) is 4.79 Å². The van der Waals surface area contributed by atoms with Gasteiger partial charge in [0.2, 0.25) is 5.91 Å². The van der Waals surface area contributed by atoms with Crippen LogP contribution in [0, 0.1) is 0 Å². The van der Waals surface area contributed by atoms with Crippen molar-refractivity contribution in [2.75, 3.05) is 19.6 Å². The molecule has 0 aromatic carbocycles. The first-order valence-corrected chi connectivity index (χ1v) is 5.93. The van der Waals surface area contributed by atoms with E-state index in [2.05, 4.69) is 5.32 Å². The first-order valence-electron chi connectivity index (χ1n) is 5.05. The summed E-state index contributed by atoms with van der Waals surface area (Å²) in [7, 11) is 0. The zero-order valence-electron chi connectivity index (χ0n) is 8.37. The monoisotopic (exact) mass is 244 g/mol. The molecule has 86 valence electrons. The number of nitrogens with one attached hydrogen (secondary N) is 1. The van der Waals surface area contributed by atoms with Crippen molar-refractivity contribution >= 4 is 17.2 Å². The van der Waals surface area contributed by atoms with E-state index in [0.717, 1.165) is 0 Å². The van der Waals surface area contributed by atoms with Gasteiger partial charge in [-0.05, 0) is 11.4 Å². The molecule has 1 amide bonds. The summed E-state index contributed by atoms with van der Waals surface area (Å²) < 4.78 is 27.5. The predicted octanol–water partition coefficient (Wildman–Crippen LogP) is 1.33. The molecule has 1 saturated heterocycles. The predicted molar refractivity (Wildman–Crippen MR) is 55.5 cm³/mol. The smallest absolute Gasteiger partial charge is 0.291 e. The van der Waals surface area contributed by atoms with Gasteiger partial charge in [-0.15, -0.1) is 11.3 Å². The second-order valence-corrected chi connectivity index (χ2v) is 5.02. The van der Waals surface area contributed by atoms with Crippen molar-refractivity contribution in [1.82, 2.24) is 10.2 Å². The second kappa shape index (κ2) is 3.24. The highest BCUT2D eigenvalue weighted by Gasteiger charge is 2.47. The van der Waals surface area contributed by atoms with Crippen molar-refractivity contribution in [3.63, 3.8) is 0 Å². The maximum absolute atomic E-state index is 13.8. The summed E-state index contributed by atoms with van der Waals surface area (Å²) in [5, 5.41) is 4.63. The Morgan fingerprint density at radius 2 is 2.38 bits per heavy atom. The van der Waals surface area contributed by atoms with Crippen LogP contribution in [0.4, 0.5) is 8.78 Å². The number of carbonyl (C=O) groups excluding carboxylic acids is 1. The molecular weight excluding hydrogens is 234 g/mol. The van der Waals surface area contributed by atoms with E-state index in [1.165, 1.54) is 22.3 Å². The van der Waals surface area contributed by atoms with E-state index >= 15 is 0 Å². The lowest BCUT2D eigenvalue weighted by molar-refractivity contribution is -0.145. The van der Waals surface area contributed by atoms with Crippen molar-refractivity contribution in [2.45, 2.75) is 12.0 Å². The number of fused-ring (bicyclic) bond motifs is 3. The zero-order chi connectivity index (χ0) is 11.3. The Kier molecular flexibility index (Phi) is 2.06. The SMILES string of the molecule is O=C1CNCC2c3sccc3C(F)(F)CN12. The van der Waals surface area contributed by atoms with Gasteiger partial charge in [0.25, 0.3) is 5.92 Å². The molecule has 1 fully saturated rings. The molecule has 2 aliphatic heterocycles. The first-order chi connectivity index (χ1) is 7.59. The number of nitrogens with zero attached hydrogens (tertiary/aromatic N) is 1. The van der Waals surface area contributed by atoms with Crippen LogP contribution in [0.1, 0.15) is 16.5 Å². The number of amides is 1. The molecule has 3 rings (SSSR count). The fraction of sp³-hybridized carbons (Fsp3) is 0.500. The van der Waals surface area contributed by atoms with E-state index in [-0.39, 0.29) is 24.1 Å². The third-order valence-corrected chi connectivity index (χ3v) is 4.09.